The van der Waals surface area contributed by atoms with Crippen LogP contribution in [0.25, 0.3) is 0 Å². The van der Waals surface area contributed by atoms with Gasteiger partial charge in [-0.2, -0.15) is 5.26 Å². The Balaban J connectivity index is 3.01. The summed E-state index contributed by atoms with van der Waals surface area (Å²) in [7, 11) is 0. The van der Waals surface area contributed by atoms with Crippen molar-refractivity contribution in [1.82, 2.24) is 5.32 Å². The van der Waals surface area contributed by atoms with E-state index in [4.69, 9.17) is 11.0 Å². The average Bonchev–Trinajstić information content (AvgIpc) is 1.83. The number of rotatable bonds is 3. The van der Waals surface area contributed by atoms with Crippen molar-refractivity contribution < 1.29 is 0 Å². The SMILES string of the molecule is CCC(N)NCC#N. The van der Waals surface area contributed by atoms with Crippen LogP contribution in [-0.4, -0.2) is 12.7 Å². The summed E-state index contributed by atoms with van der Waals surface area (Å²) in [5.74, 6) is 0. The van der Waals surface area contributed by atoms with Crippen molar-refractivity contribution in [3.63, 3.8) is 0 Å². The highest BCUT2D eigenvalue weighted by Crippen LogP contribution is 1.76. The normalized spacial score (nSPS) is 12.6. The lowest BCUT2D eigenvalue weighted by Crippen LogP contribution is -2.36. The molecule has 3 heteroatoms. The molecule has 3 N–H and O–H groups in total. The van der Waals surface area contributed by atoms with Crippen LogP contribution >= 0.6 is 0 Å². The van der Waals surface area contributed by atoms with Gasteiger partial charge >= 0.3 is 0 Å². The Bertz CT molecular complexity index is 84.2. The third kappa shape index (κ3) is 3.59. The maximum absolute atomic E-state index is 8.04. The molecule has 0 bridgehead atoms. The highest BCUT2D eigenvalue weighted by atomic mass is 15.0. The third-order valence-electron chi connectivity index (χ3n) is 0.883. The molecule has 0 aliphatic heterocycles. The van der Waals surface area contributed by atoms with Crippen molar-refractivity contribution in [3.8, 4) is 6.07 Å². The molecule has 0 aliphatic carbocycles. The highest BCUT2D eigenvalue weighted by molar-refractivity contribution is 4.74. The van der Waals surface area contributed by atoms with Crippen LogP contribution in [0, 0.1) is 11.3 Å². The lowest BCUT2D eigenvalue weighted by Gasteiger charge is -2.05. The van der Waals surface area contributed by atoms with Gasteiger partial charge in [-0.05, 0) is 6.42 Å². The molecule has 0 aromatic rings. The van der Waals surface area contributed by atoms with Crippen molar-refractivity contribution in [1.29, 1.82) is 5.26 Å². The Morgan fingerprint density at radius 1 is 1.88 bits per heavy atom. The van der Waals surface area contributed by atoms with Crippen LogP contribution in [0.2, 0.25) is 0 Å². The molecule has 0 heterocycles. The van der Waals surface area contributed by atoms with E-state index >= 15 is 0 Å². The molecular formula is C5H11N3. The Morgan fingerprint density at radius 2 is 2.50 bits per heavy atom. The maximum atomic E-state index is 8.04. The fourth-order valence-corrected chi connectivity index (χ4v) is 0.321. The Morgan fingerprint density at radius 3 is 2.88 bits per heavy atom. The maximum Gasteiger partial charge on any atom is 0.0852 e. The van der Waals surface area contributed by atoms with Gasteiger partial charge in [-0.1, -0.05) is 6.92 Å². The summed E-state index contributed by atoms with van der Waals surface area (Å²) < 4.78 is 0. The average molecular weight is 113 g/mol. The first kappa shape index (κ1) is 7.41. The van der Waals surface area contributed by atoms with Gasteiger partial charge < -0.3 is 5.73 Å². The van der Waals surface area contributed by atoms with Gasteiger partial charge in [0.05, 0.1) is 18.8 Å². The number of nitrogens with two attached hydrogens (primary N) is 1. The zero-order valence-corrected chi connectivity index (χ0v) is 5.02. The molecule has 0 aromatic heterocycles. The second kappa shape index (κ2) is 4.57. The standard InChI is InChI=1S/C5H11N3/c1-2-5(7)8-4-3-6/h5,8H,2,4,7H2,1H3. The number of nitrogens with zero attached hydrogens (tertiary/aromatic N) is 1. The molecule has 1 unspecified atom stereocenters. The van der Waals surface area contributed by atoms with Crippen LogP contribution in [0.3, 0.4) is 0 Å². The first-order valence-corrected chi connectivity index (χ1v) is 2.67. The molecule has 0 spiro atoms. The van der Waals surface area contributed by atoms with E-state index in [1.54, 1.807) is 0 Å². The van der Waals surface area contributed by atoms with Gasteiger partial charge in [0.1, 0.15) is 0 Å². The Hall–Kier alpha value is -0.590. The smallest absolute Gasteiger partial charge is 0.0852 e. The zero-order valence-electron chi connectivity index (χ0n) is 5.02. The summed E-state index contributed by atoms with van der Waals surface area (Å²) in [6, 6.07) is 1.94. The fourth-order valence-electron chi connectivity index (χ4n) is 0.321. The second-order valence-corrected chi connectivity index (χ2v) is 1.55. The summed E-state index contributed by atoms with van der Waals surface area (Å²) in [6.07, 6.45) is 0.844. The molecule has 0 saturated heterocycles. The van der Waals surface area contributed by atoms with E-state index in [0.717, 1.165) is 6.42 Å². The van der Waals surface area contributed by atoms with E-state index in [2.05, 4.69) is 5.32 Å². The minimum atomic E-state index is -0.0188. The molecule has 0 amide bonds. The Labute approximate surface area is 49.5 Å². The van der Waals surface area contributed by atoms with Crippen LogP contribution in [0.5, 0.6) is 0 Å². The monoisotopic (exact) mass is 113 g/mol. The summed E-state index contributed by atoms with van der Waals surface area (Å²) in [5, 5.41) is 10.8. The Kier molecular flexibility index (Phi) is 4.23. The fraction of sp³-hybridized carbons (Fsp3) is 0.800. The van der Waals surface area contributed by atoms with Gasteiger partial charge in [0.2, 0.25) is 0 Å². The van der Waals surface area contributed by atoms with Gasteiger partial charge in [-0.15, -0.1) is 0 Å². The van der Waals surface area contributed by atoms with Crippen molar-refractivity contribution in [3.05, 3.63) is 0 Å². The zero-order chi connectivity index (χ0) is 6.41. The number of nitrogens with one attached hydrogen (secondary N) is 1. The molecule has 0 aliphatic rings. The molecule has 3 nitrogen and oxygen atoms in total. The van der Waals surface area contributed by atoms with E-state index in [0.29, 0.717) is 6.54 Å². The minimum absolute atomic E-state index is 0.0188. The van der Waals surface area contributed by atoms with E-state index in [9.17, 15) is 0 Å². The molecule has 0 fully saturated rings. The van der Waals surface area contributed by atoms with Crippen molar-refractivity contribution in [2.45, 2.75) is 19.5 Å². The molecule has 1 atom stereocenters. The lowest BCUT2D eigenvalue weighted by atomic mass is 10.4. The topological polar surface area (TPSA) is 61.8 Å². The van der Waals surface area contributed by atoms with Gasteiger partial charge in [0, 0.05) is 0 Å². The van der Waals surface area contributed by atoms with Crippen LogP contribution in [0.4, 0.5) is 0 Å². The van der Waals surface area contributed by atoms with E-state index in [-0.39, 0.29) is 6.17 Å². The summed E-state index contributed by atoms with van der Waals surface area (Å²) in [4.78, 5) is 0. The van der Waals surface area contributed by atoms with Gasteiger partial charge in [-0.25, -0.2) is 0 Å². The van der Waals surface area contributed by atoms with Crippen molar-refractivity contribution in [2.75, 3.05) is 6.54 Å². The van der Waals surface area contributed by atoms with Gasteiger partial charge in [0.25, 0.3) is 0 Å². The van der Waals surface area contributed by atoms with Crippen molar-refractivity contribution >= 4 is 0 Å². The largest absolute Gasteiger partial charge is 0.316 e. The number of nitriles is 1. The van der Waals surface area contributed by atoms with Crippen LogP contribution in [0.15, 0.2) is 0 Å². The van der Waals surface area contributed by atoms with Crippen LogP contribution in [0.1, 0.15) is 13.3 Å². The van der Waals surface area contributed by atoms with E-state index < -0.39 is 0 Å². The van der Waals surface area contributed by atoms with E-state index in [1.165, 1.54) is 0 Å². The summed E-state index contributed by atoms with van der Waals surface area (Å²) in [5.41, 5.74) is 5.40. The number of hydrogen-bond acceptors (Lipinski definition) is 3. The molecule has 46 valence electrons. The highest BCUT2D eigenvalue weighted by Gasteiger charge is 1.92. The van der Waals surface area contributed by atoms with Gasteiger partial charge in [0.15, 0.2) is 0 Å². The molecule has 8 heavy (non-hydrogen) atoms. The number of hydrogen-bond donors (Lipinski definition) is 2. The molecular weight excluding hydrogens is 102 g/mol. The summed E-state index contributed by atoms with van der Waals surface area (Å²) in [6.45, 7) is 2.31. The van der Waals surface area contributed by atoms with E-state index in [1.807, 2.05) is 13.0 Å². The first-order chi connectivity index (χ1) is 3.81. The summed E-state index contributed by atoms with van der Waals surface area (Å²) >= 11 is 0. The predicted octanol–water partition coefficient (Wildman–Crippen LogP) is -0.206. The third-order valence-corrected chi connectivity index (χ3v) is 0.883. The van der Waals surface area contributed by atoms with Crippen LogP contribution in [-0.2, 0) is 0 Å². The second-order valence-electron chi connectivity index (χ2n) is 1.55. The molecule has 0 rings (SSSR count). The van der Waals surface area contributed by atoms with Gasteiger partial charge in [-0.3, -0.25) is 5.32 Å². The van der Waals surface area contributed by atoms with Crippen molar-refractivity contribution in [2.24, 2.45) is 5.73 Å². The lowest BCUT2D eigenvalue weighted by molar-refractivity contribution is 0.546. The molecule has 0 aromatic carbocycles. The first-order valence-electron chi connectivity index (χ1n) is 2.67. The van der Waals surface area contributed by atoms with Crippen LogP contribution < -0.4 is 11.1 Å². The molecule has 0 saturated carbocycles. The quantitative estimate of drug-likeness (QED) is 0.393. The molecule has 0 radical (unpaired) electrons. The predicted molar refractivity (Wildman–Crippen MR) is 31.9 cm³/mol. The minimum Gasteiger partial charge on any atom is -0.316 e.